The quantitative estimate of drug-likeness (QED) is 0.816. The van der Waals surface area contributed by atoms with E-state index in [-0.39, 0.29) is 0 Å². The molecule has 106 valence electrons. The van der Waals surface area contributed by atoms with Crippen molar-refractivity contribution in [1.82, 2.24) is 4.90 Å². The first kappa shape index (κ1) is 14.3. The van der Waals surface area contributed by atoms with Crippen LogP contribution in [0, 0.1) is 17.8 Å². The highest BCUT2D eigenvalue weighted by atomic mass is 16.5. The molecule has 2 N–H and O–H groups in total. The molecule has 1 saturated carbocycles. The Balaban J connectivity index is 1.73. The van der Waals surface area contributed by atoms with Crippen LogP contribution in [0.4, 0.5) is 0 Å². The van der Waals surface area contributed by atoms with Crippen molar-refractivity contribution in [3.63, 3.8) is 0 Å². The molecular weight excluding hydrogens is 224 g/mol. The molecule has 0 aromatic rings. The zero-order valence-corrected chi connectivity index (χ0v) is 11.9. The second kappa shape index (κ2) is 7.46. The molecule has 0 bridgehead atoms. The lowest BCUT2D eigenvalue weighted by atomic mass is 9.79. The van der Waals surface area contributed by atoms with Crippen LogP contribution in [0.3, 0.4) is 0 Å². The molecule has 18 heavy (non-hydrogen) atoms. The Kier molecular flexibility index (Phi) is 5.93. The molecule has 2 unspecified atom stereocenters. The van der Waals surface area contributed by atoms with Gasteiger partial charge in [-0.25, -0.2) is 0 Å². The standard InChI is InChI=1S/C15H30N2O/c1-17(11-13-6-8-18-9-7-13)12-15-5-3-2-4-14(15)10-16/h13-15H,2-12,16H2,1H3. The van der Waals surface area contributed by atoms with Crippen LogP contribution in [-0.4, -0.2) is 44.8 Å². The maximum atomic E-state index is 5.92. The molecule has 1 aliphatic carbocycles. The second-order valence-corrected chi connectivity index (χ2v) is 6.32. The smallest absolute Gasteiger partial charge is 0.0469 e. The fourth-order valence-electron chi connectivity index (χ4n) is 3.68. The summed E-state index contributed by atoms with van der Waals surface area (Å²) in [7, 11) is 2.29. The van der Waals surface area contributed by atoms with Gasteiger partial charge in [0.05, 0.1) is 0 Å². The predicted octanol–water partition coefficient (Wildman–Crippen LogP) is 2.11. The molecule has 1 heterocycles. The number of ether oxygens (including phenoxy) is 1. The van der Waals surface area contributed by atoms with Gasteiger partial charge in [-0.3, -0.25) is 0 Å². The third-order valence-electron chi connectivity index (χ3n) is 4.83. The SMILES string of the molecule is CN(CC1CCOCC1)CC1CCCCC1CN. The van der Waals surface area contributed by atoms with Crippen LogP contribution < -0.4 is 5.73 Å². The van der Waals surface area contributed by atoms with Gasteiger partial charge in [0.2, 0.25) is 0 Å². The summed E-state index contributed by atoms with van der Waals surface area (Å²) in [5.41, 5.74) is 5.92. The van der Waals surface area contributed by atoms with E-state index in [1.807, 2.05) is 0 Å². The van der Waals surface area contributed by atoms with Crippen molar-refractivity contribution in [2.75, 3.05) is 39.9 Å². The Morgan fingerprint density at radius 2 is 1.67 bits per heavy atom. The molecule has 2 atom stereocenters. The van der Waals surface area contributed by atoms with Crippen molar-refractivity contribution in [3.8, 4) is 0 Å². The first-order valence-corrected chi connectivity index (χ1v) is 7.76. The van der Waals surface area contributed by atoms with Crippen LogP contribution in [0.15, 0.2) is 0 Å². The minimum absolute atomic E-state index is 0.774. The lowest BCUT2D eigenvalue weighted by molar-refractivity contribution is 0.0512. The Morgan fingerprint density at radius 1 is 1.00 bits per heavy atom. The number of rotatable bonds is 5. The highest BCUT2D eigenvalue weighted by molar-refractivity contribution is 4.79. The predicted molar refractivity (Wildman–Crippen MR) is 75.5 cm³/mol. The molecule has 3 nitrogen and oxygen atoms in total. The summed E-state index contributed by atoms with van der Waals surface area (Å²) in [4.78, 5) is 2.55. The van der Waals surface area contributed by atoms with Crippen molar-refractivity contribution in [2.45, 2.75) is 38.5 Å². The summed E-state index contributed by atoms with van der Waals surface area (Å²) in [6, 6.07) is 0. The van der Waals surface area contributed by atoms with Crippen LogP contribution in [-0.2, 0) is 4.74 Å². The molecule has 2 rings (SSSR count). The highest BCUT2D eigenvalue weighted by Gasteiger charge is 2.25. The van der Waals surface area contributed by atoms with E-state index in [1.165, 1.54) is 51.6 Å². The first-order chi connectivity index (χ1) is 8.79. The largest absolute Gasteiger partial charge is 0.381 e. The van der Waals surface area contributed by atoms with Gasteiger partial charge in [0.1, 0.15) is 0 Å². The van der Waals surface area contributed by atoms with Crippen LogP contribution in [0.25, 0.3) is 0 Å². The molecular formula is C15H30N2O. The summed E-state index contributed by atoms with van der Waals surface area (Å²) < 4.78 is 5.43. The normalized spacial score (nSPS) is 30.8. The van der Waals surface area contributed by atoms with E-state index in [4.69, 9.17) is 10.5 Å². The van der Waals surface area contributed by atoms with E-state index in [0.29, 0.717) is 0 Å². The summed E-state index contributed by atoms with van der Waals surface area (Å²) in [5, 5.41) is 0. The Labute approximate surface area is 112 Å². The molecule has 1 aliphatic heterocycles. The zero-order chi connectivity index (χ0) is 12.8. The van der Waals surface area contributed by atoms with Gasteiger partial charge >= 0.3 is 0 Å². The highest BCUT2D eigenvalue weighted by Crippen LogP contribution is 2.30. The van der Waals surface area contributed by atoms with Gasteiger partial charge in [-0.1, -0.05) is 12.8 Å². The van der Waals surface area contributed by atoms with Crippen LogP contribution >= 0.6 is 0 Å². The van der Waals surface area contributed by atoms with Crippen molar-refractivity contribution in [3.05, 3.63) is 0 Å². The maximum Gasteiger partial charge on any atom is 0.0469 e. The van der Waals surface area contributed by atoms with Crippen molar-refractivity contribution < 1.29 is 4.74 Å². The first-order valence-electron chi connectivity index (χ1n) is 7.76. The molecule has 0 aromatic heterocycles. The van der Waals surface area contributed by atoms with Gasteiger partial charge in [0.15, 0.2) is 0 Å². The molecule has 2 aliphatic rings. The Morgan fingerprint density at radius 3 is 2.33 bits per heavy atom. The average molecular weight is 254 g/mol. The van der Waals surface area contributed by atoms with Crippen LogP contribution in [0.1, 0.15) is 38.5 Å². The fourth-order valence-corrected chi connectivity index (χ4v) is 3.68. The topological polar surface area (TPSA) is 38.5 Å². The molecule has 0 amide bonds. The monoisotopic (exact) mass is 254 g/mol. The molecule has 0 aromatic carbocycles. The van der Waals surface area contributed by atoms with Crippen molar-refractivity contribution >= 4 is 0 Å². The molecule has 2 fully saturated rings. The fraction of sp³-hybridized carbons (Fsp3) is 1.00. The average Bonchev–Trinajstić information content (AvgIpc) is 2.40. The summed E-state index contributed by atoms with van der Waals surface area (Å²) in [6.07, 6.45) is 8.03. The van der Waals surface area contributed by atoms with Crippen molar-refractivity contribution in [2.24, 2.45) is 23.5 Å². The number of nitrogens with two attached hydrogens (primary N) is 1. The summed E-state index contributed by atoms with van der Waals surface area (Å²) >= 11 is 0. The molecule has 3 heteroatoms. The molecule has 0 spiro atoms. The van der Waals surface area contributed by atoms with Crippen molar-refractivity contribution in [1.29, 1.82) is 0 Å². The van der Waals surface area contributed by atoms with E-state index in [1.54, 1.807) is 0 Å². The van der Waals surface area contributed by atoms with E-state index in [2.05, 4.69) is 11.9 Å². The van der Waals surface area contributed by atoms with Gasteiger partial charge in [0, 0.05) is 26.3 Å². The van der Waals surface area contributed by atoms with E-state index < -0.39 is 0 Å². The van der Waals surface area contributed by atoms with Gasteiger partial charge in [-0.15, -0.1) is 0 Å². The minimum Gasteiger partial charge on any atom is -0.381 e. The zero-order valence-electron chi connectivity index (χ0n) is 11.9. The molecule has 0 radical (unpaired) electrons. The van der Waals surface area contributed by atoms with Gasteiger partial charge in [-0.05, 0) is 57.0 Å². The lowest BCUT2D eigenvalue weighted by Gasteiger charge is -2.35. The number of hydrogen-bond acceptors (Lipinski definition) is 3. The summed E-state index contributed by atoms with van der Waals surface area (Å²) in [5.74, 6) is 2.47. The Bertz CT molecular complexity index is 229. The minimum atomic E-state index is 0.774. The van der Waals surface area contributed by atoms with Gasteiger partial charge in [0.25, 0.3) is 0 Å². The van der Waals surface area contributed by atoms with E-state index in [0.717, 1.165) is 37.5 Å². The summed E-state index contributed by atoms with van der Waals surface area (Å²) in [6.45, 7) is 5.31. The molecule has 1 saturated heterocycles. The van der Waals surface area contributed by atoms with Gasteiger partial charge in [-0.2, -0.15) is 0 Å². The Hall–Kier alpha value is -0.120. The van der Waals surface area contributed by atoms with E-state index in [9.17, 15) is 0 Å². The maximum absolute atomic E-state index is 5.92. The van der Waals surface area contributed by atoms with Crippen LogP contribution in [0.5, 0.6) is 0 Å². The van der Waals surface area contributed by atoms with Gasteiger partial charge < -0.3 is 15.4 Å². The third kappa shape index (κ3) is 4.22. The number of hydrogen-bond donors (Lipinski definition) is 1. The number of nitrogens with zero attached hydrogens (tertiary/aromatic N) is 1. The second-order valence-electron chi connectivity index (χ2n) is 6.32. The van der Waals surface area contributed by atoms with E-state index >= 15 is 0 Å². The van der Waals surface area contributed by atoms with Crippen LogP contribution in [0.2, 0.25) is 0 Å². The lowest BCUT2D eigenvalue weighted by Crippen LogP contribution is -2.38. The third-order valence-corrected chi connectivity index (χ3v) is 4.83.